The highest BCUT2D eigenvalue weighted by molar-refractivity contribution is 7.99. The van der Waals surface area contributed by atoms with Crippen molar-refractivity contribution < 1.29 is 14.7 Å². The number of hydrogen-bond donors (Lipinski definition) is 2. The van der Waals surface area contributed by atoms with Crippen molar-refractivity contribution in [1.82, 2.24) is 4.98 Å². The van der Waals surface area contributed by atoms with Gasteiger partial charge in [-0.1, -0.05) is 29.4 Å². The fourth-order valence-electron chi connectivity index (χ4n) is 1.52. The average molecular weight is 323 g/mol. The second-order valence-corrected chi connectivity index (χ2v) is 5.47. The molecule has 0 aliphatic rings. The normalized spacial score (nSPS) is 10.1. The van der Waals surface area contributed by atoms with Gasteiger partial charge in [0, 0.05) is 16.9 Å². The molecule has 1 aromatic carbocycles. The molecule has 0 saturated heterocycles. The first-order valence-electron chi connectivity index (χ1n) is 5.92. The molecule has 1 heterocycles. The van der Waals surface area contributed by atoms with E-state index in [0.717, 1.165) is 11.8 Å². The van der Waals surface area contributed by atoms with Gasteiger partial charge in [-0.15, -0.1) is 0 Å². The van der Waals surface area contributed by atoms with Crippen LogP contribution in [0.25, 0.3) is 0 Å². The molecular weight excluding hydrogens is 312 g/mol. The number of rotatable bonds is 5. The van der Waals surface area contributed by atoms with Gasteiger partial charge in [0.15, 0.2) is 0 Å². The first kappa shape index (κ1) is 15.3. The molecule has 0 unspecified atom stereocenters. The molecule has 0 atom stereocenters. The van der Waals surface area contributed by atoms with Crippen LogP contribution in [0.5, 0.6) is 0 Å². The number of hydrogen-bond acceptors (Lipinski definition) is 4. The van der Waals surface area contributed by atoms with E-state index in [9.17, 15) is 9.59 Å². The van der Waals surface area contributed by atoms with E-state index < -0.39 is 5.97 Å². The highest BCUT2D eigenvalue weighted by atomic mass is 35.5. The van der Waals surface area contributed by atoms with Gasteiger partial charge in [-0.25, -0.2) is 9.78 Å². The minimum Gasteiger partial charge on any atom is -0.478 e. The molecule has 0 spiro atoms. The van der Waals surface area contributed by atoms with E-state index in [-0.39, 0.29) is 17.2 Å². The first-order chi connectivity index (χ1) is 10.0. The summed E-state index contributed by atoms with van der Waals surface area (Å²) in [6.45, 7) is 0. The number of carbonyl (C=O) groups excluding carboxylic acids is 1. The quantitative estimate of drug-likeness (QED) is 0.827. The maximum absolute atomic E-state index is 11.8. The molecule has 0 radical (unpaired) electrons. The molecule has 5 nitrogen and oxygen atoms in total. The Kier molecular flexibility index (Phi) is 5.19. The van der Waals surface area contributed by atoms with Crippen LogP contribution in [0.15, 0.2) is 47.6 Å². The number of benzene rings is 1. The summed E-state index contributed by atoms with van der Waals surface area (Å²) in [6.07, 6.45) is 1.40. The first-order valence-corrected chi connectivity index (χ1v) is 7.28. The average Bonchev–Trinajstić information content (AvgIpc) is 2.45. The maximum atomic E-state index is 11.8. The van der Waals surface area contributed by atoms with Crippen molar-refractivity contribution in [2.45, 2.75) is 5.03 Å². The lowest BCUT2D eigenvalue weighted by Gasteiger charge is -2.05. The number of thioether (sulfide) groups is 1. The van der Waals surface area contributed by atoms with Crippen LogP contribution in [0, 0.1) is 0 Å². The van der Waals surface area contributed by atoms with Gasteiger partial charge >= 0.3 is 5.97 Å². The zero-order valence-electron chi connectivity index (χ0n) is 10.7. The van der Waals surface area contributed by atoms with Gasteiger partial charge in [0.05, 0.1) is 16.3 Å². The van der Waals surface area contributed by atoms with Crippen molar-refractivity contribution in [2.24, 2.45) is 0 Å². The molecule has 0 aliphatic carbocycles. The van der Waals surface area contributed by atoms with E-state index in [1.165, 1.54) is 18.3 Å². The Labute approximate surface area is 130 Å². The van der Waals surface area contributed by atoms with E-state index in [1.54, 1.807) is 24.3 Å². The molecule has 0 fully saturated rings. The fourth-order valence-corrected chi connectivity index (χ4v) is 2.41. The summed E-state index contributed by atoms with van der Waals surface area (Å²) >= 11 is 6.99. The Hall–Kier alpha value is -2.05. The Morgan fingerprint density at radius 2 is 2.10 bits per heavy atom. The third kappa shape index (κ3) is 4.77. The molecule has 0 saturated carbocycles. The van der Waals surface area contributed by atoms with Crippen LogP contribution in [-0.2, 0) is 4.79 Å². The van der Waals surface area contributed by atoms with Crippen molar-refractivity contribution in [1.29, 1.82) is 0 Å². The van der Waals surface area contributed by atoms with E-state index in [2.05, 4.69) is 10.3 Å². The highest BCUT2D eigenvalue weighted by Gasteiger charge is 2.08. The second kappa shape index (κ2) is 7.10. The standard InChI is InChI=1S/C14H11ClN2O3S/c15-10-2-1-3-11(7-10)17-12(18)8-21-13-6-9(14(19)20)4-5-16-13/h1-7H,8H2,(H,17,18)(H,19,20). The van der Waals surface area contributed by atoms with Gasteiger partial charge in [0.1, 0.15) is 0 Å². The van der Waals surface area contributed by atoms with E-state index in [1.807, 2.05) is 0 Å². The molecule has 1 amide bonds. The topological polar surface area (TPSA) is 79.3 Å². The predicted octanol–water partition coefficient (Wildman–Crippen LogP) is 3.16. The number of anilines is 1. The number of halogens is 1. The van der Waals surface area contributed by atoms with Crippen molar-refractivity contribution in [3.63, 3.8) is 0 Å². The zero-order valence-corrected chi connectivity index (χ0v) is 12.3. The minimum atomic E-state index is -1.03. The zero-order chi connectivity index (χ0) is 15.2. The molecule has 1 aromatic heterocycles. The van der Waals surface area contributed by atoms with Crippen molar-refractivity contribution >= 4 is 40.9 Å². The number of nitrogens with zero attached hydrogens (tertiary/aromatic N) is 1. The van der Waals surface area contributed by atoms with Crippen molar-refractivity contribution in [3.05, 3.63) is 53.2 Å². The lowest BCUT2D eigenvalue weighted by molar-refractivity contribution is -0.113. The molecule has 7 heteroatoms. The van der Waals surface area contributed by atoms with Gasteiger partial charge in [-0.05, 0) is 30.3 Å². The summed E-state index contributed by atoms with van der Waals surface area (Å²) in [7, 11) is 0. The highest BCUT2D eigenvalue weighted by Crippen LogP contribution is 2.18. The lowest BCUT2D eigenvalue weighted by Crippen LogP contribution is -2.14. The van der Waals surface area contributed by atoms with E-state index in [0.29, 0.717) is 15.7 Å². The summed E-state index contributed by atoms with van der Waals surface area (Å²) in [4.78, 5) is 26.6. The Balaban J connectivity index is 1.92. The number of carbonyl (C=O) groups is 2. The van der Waals surface area contributed by atoms with Gasteiger partial charge in [0.2, 0.25) is 5.91 Å². The molecule has 2 rings (SSSR count). The van der Waals surface area contributed by atoms with Gasteiger partial charge in [-0.3, -0.25) is 4.79 Å². The van der Waals surface area contributed by atoms with Crippen LogP contribution in [0.4, 0.5) is 5.69 Å². The van der Waals surface area contributed by atoms with Crippen LogP contribution >= 0.6 is 23.4 Å². The molecule has 2 aromatic rings. The fraction of sp³-hybridized carbons (Fsp3) is 0.0714. The van der Waals surface area contributed by atoms with Gasteiger partial charge < -0.3 is 10.4 Å². The number of aromatic carboxylic acids is 1. The molecule has 108 valence electrons. The van der Waals surface area contributed by atoms with Gasteiger partial charge in [0.25, 0.3) is 0 Å². The summed E-state index contributed by atoms with van der Waals surface area (Å²) in [5, 5.41) is 12.6. The number of nitrogens with one attached hydrogen (secondary N) is 1. The third-order valence-electron chi connectivity index (χ3n) is 2.44. The van der Waals surface area contributed by atoms with Gasteiger partial charge in [-0.2, -0.15) is 0 Å². The third-order valence-corrected chi connectivity index (χ3v) is 3.60. The largest absolute Gasteiger partial charge is 0.478 e. The van der Waals surface area contributed by atoms with Crippen LogP contribution in [-0.4, -0.2) is 27.7 Å². The smallest absolute Gasteiger partial charge is 0.335 e. The Morgan fingerprint density at radius 1 is 1.29 bits per heavy atom. The number of aromatic nitrogens is 1. The summed E-state index contributed by atoms with van der Waals surface area (Å²) < 4.78 is 0. The summed E-state index contributed by atoms with van der Waals surface area (Å²) in [5.41, 5.74) is 0.753. The second-order valence-electron chi connectivity index (χ2n) is 4.04. The lowest BCUT2D eigenvalue weighted by atomic mass is 10.3. The Morgan fingerprint density at radius 3 is 2.81 bits per heavy atom. The minimum absolute atomic E-state index is 0.128. The monoisotopic (exact) mass is 322 g/mol. The number of amides is 1. The number of pyridine rings is 1. The number of carboxylic acids is 1. The maximum Gasteiger partial charge on any atom is 0.335 e. The van der Waals surface area contributed by atoms with E-state index >= 15 is 0 Å². The number of carboxylic acid groups (broad SMARTS) is 1. The summed E-state index contributed by atoms with van der Waals surface area (Å²) in [6, 6.07) is 9.67. The molecular formula is C14H11ClN2O3S. The molecule has 2 N–H and O–H groups in total. The van der Waals surface area contributed by atoms with Crippen LogP contribution in [0.2, 0.25) is 5.02 Å². The SMILES string of the molecule is O=C(CSc1cc(C(=O)O)ccn1)Nc1cccc(Cl)c1. The van der Waals surface area contributed by atoms with Crippen LogP contribution in [0.3, 0.4) is 0 Å². The summed E-state index contributed by atoms with van der Waals surface area (Å²) in [5.74, 6) is -1.12. The Bertz CT molecular complexity index is 679. The van der Waals surface area contributed by atoms with Crippen LogP contribution < -0.4 is 5.32 Å². The molecule has 0 aliphatic heterocycles. The van der Waals surface area contributed by atoms with E-state index in [4.69, 9.17) is 16.7 Å². The van der Waals surface area contributed by atoms with Crippen molar-refractivity contribution in [3.8, 4) is 0 Å². The van der Waals surface area contributed by atoms with Crippen LogP contribution in [0.1, 0.15) is 10.4 Å². The predicted molar refractivity (Wildman–Crippen MR) is 82.0 cm³/mol. The van der Waals surface area contributed by atoms with Crippen molar-refractivity contribution in [2.75, 3.05) is 11.1 Å². The molecule has 21 heavy (non-hydrogen) atoms. The molecule has 0 bridgehead atoms.